The minimum Gasteiger partial charge on any atom is -0.300 e. The number of rotatable bonds is 7. The number of halogens is 1. The highest BCUT2D eigenvalue weighted by Crippen LogP contribution is 2.17. The molecule has 0 N–H and O–H groups in total. The Labute approximate surface area is 143 Å². The van der Waals surface area contributed by atoms with Crippen molar-refractivity contribution in [1.29, 1.82) is 0 Å². The molecule has 4 nitrogen and oxygen atoms in total. The van der Waals surface area contributed by atoms with Crippen molar-refractivity contribution >= 4 is 11.6 Å². The topological polar surface area (TPSA) is 24.3 Å². The molecular formula is C18H25ClN4. The molecule has 0 unspecified atom stereocenters. The fourth-order valence-corrected chi connectivity index (χ4v) is 3.31. The molecule has 1 saturated heterocycles. The van der Waals surface area contributed by atoms with Crippen molar-refractivity contribution in [2.24, 2.45) is 0 Å². The molecule has 23 heavy (non-hydrogen) atoms. The number of nitrogens with zero attached hydrogens (tertiary/aromatic N) is 4. The zero-order valence-electron chi connectivity index (χ0n) is 13.8. The van der Waals surface area contributed by atoms with Crippen molar-refractivity contribution < 1.29 is 0 Å². The SMILES string of the molecule is CN(CCn1cc(Cl)cn1)Cc1ccccc1CN1CCCC1. The lowest BCUT2D eigenvalue weighted by atomic mass is 10.1. The van der Waals surface area contributed by atoms with E-state index in [9.17, 15) is 0 Å². The van der Waals surface area contributed by atoms with E-state index in [4.69, 9.17) is 11.6 Å². The molecule has 0 bridgehead atoms. The van der Waals surface area contributed by atoms with Gasteiger partial charge in [0.15, 0.2) is 0 Å². The molecule has 0 atom stereocenters. The molecule has 3 rings (SSSR count). The van der Waals surface area contributed by atoms with E-state index in [0.717, 1.165) is 26.2 Å². The lowest BCUT2D eigenvalue weighted by molar-refractivity contribution is 0.298. The van der Waals surface area contributed by atoms with E-state index < -0.39 is 0 Å². The van der Waals surface area contributed by atoms with Crippen LogP contribution in [-0.2, 0) is 19.6 Å². The van der Waals surface area contributed by atoms with E-state index in [1.165, 1.54) is 37.1 Å². The van der Waals surface area contributed by atoms with E-state index in [2.05, 4.69) is 46.2 Å². The van der Waals surface area contributed by atoms with Gasteiger partial charge in [-0.15, -0.1) is 0 Å². The molecule has 0 radical (unpaired) electrons. The first-order chi connectivity index (χ1) is 11.2. The Morgan fingerprint density at radius 2 is 1.91 bits per heavy atom. The first kappa shape index (κ1) is 16.5. The molecule has 0 aliphatic carbocycles. The van der Waals surface area contributed by atoms with Crippen LogP contribution in [0.5, 0.6) is 0 Å². The number of likely N-dealkylation sites (tertiary alicyclic amines) is 1. The Bertz CT molecular complexity index is 619. The van der Waals surface area contributed by atoms with Gasteiger partial charge in [0.2, 0.25) is 0 Å². The molecule has 0 spiro atoms. The van der Waals surface area contributed by atoms with Gasteiger partial charge in [0.25, 0.3) is 0 Å². The predicted octanol–water partition coefficient (Wildman–Crippen LogP) is 3.26. The van der Waals surface area contributed by atoms with Crippen LogP contribution in [-0.4, -0.2) is 46.3 Å². The summed E-state index contributed by atoms with van der Waals surface area (Å²) >= 11 is 5.91. The Hall–Kier alpha value is -1.36. The number of aromatic nitrogens is 2. The van der Waals surface area contributed by atoms with Crippen LogP contribution >= 0.6 is 11.6 Å². The van der Waals surface area contributed by atoms with Crippen LogP contribution in [0.2, 0.25) is 5.02 Å². The average Bonchev–Trinajstić information content (AvgIpc) is 3.19. The molecule has 1 fully saturated rings. The molecule has 1 aliphatic heterocycles. The molecule has 124 valence electrons. The van der Waals surface area contributed by atoms with Crippen LogP contribution in [0.15, 0.2) is 36.7 Å². The molecule has 0 saturated carbocycles. The van der Waals surface area contributed by atoms with Crippen molar-refractivity contribution in [3.63, 3.8) is 0 Å². The van der Waals surface area contributed by atoms with E-state index >= 15 is 0 Å². The summed E-state index contributed by atoms with van der Waals surface area (Å²) in [6.45, 7) is 6.35. The van der Waals surface area contributed by atoms with Gasteiger partial charge >= 0.3 is 0 Å². The van der Waals surface area contributed by atoms with Gasteiger partial charge in [-0.05, 0) is 44.1 Å². The van der Waals surface area contributed by atoms with Gasteiger partial charge in [0, 0.05) is 25.8 Å². The van der Waals surface area contributed by atoms with Crippen molar-refractivity contribution in [2.75, 3.05) is 26.7 Å². The summed E-state index contributed by atoms with van der Waals surface area (Å²) in [5.41, 5.74) is 2.89. The van der Waals surface area contributed by atoms with Gasteiger partial charge in [-0.3, -0.25) is 9.58 Å². The van der Waals surface area contributed by atoms with Crippen LogP contribution in [0.3, 0.4) is 0 Å². The largest absolute Gasteiger partial charge is 0.300 e. The third-order valence-corrected chi connectivity index (χ3v) is 4.66. The monoisotopic (exact) mass is 332 g/mol. The van der Waals surface area contributed by atoms with E-state index in [-0.39, 0.29) is 0 Å². The average molecular weight is 333 g/mol. The summed E-state index contributed by atoms with van der Waals surface area (Å²) in [6, 6.07) is 8.83. The first-order valence-corrected chi connectivity index (χ1v) is 8.74. The maximum Gasteiger partial charge on any atom is 0.0785 e. The predicted molar refractivity (Wildman–Crippen MR) is 94.5 cm³/mol. The van der Waals surface area contributed by atoms with Gasteiger partial charge < -0.3 is 4.90 Å². The molecule has 1 aromatic carbocycles. The highest BCUT2D eigenvalue weighted by atomic mass is 35.5. The van der Waals surface area contributed by atoms with Crippen molar-refractivity contribution in [1.82, 2.24) is 19.6 Å². The highest BCUT2D eigenvalue weighted by molar-refractivity contribution is 6.30. The fraction of sp³-hybridized carbons (Fsp3) is 0.500. The summed E-state index contributed by atoms with van der Waals surface area (Å²) in [5.74, 6) is 0. The van der Waals surface area contributed by atoms with Gasteiger partial charge in [-0.2, -0.15) is 5.10 Å². The fourth-order valence-electron chi connectivity index (χ4n) is 3.15. The normalized spacial score (nSPS) is 15.6. The van der Waals surface area contributed by atoms with Crippen molar-refractivity contribution in [2.45, 2.75) is 32.5 Å². The lowest BCUT2D eigenvalue weighted by Crippen LogP contribution is -2.25. The first-order valence-electron chi connectivity index (χ1n) is 8.36. The van der Waals surface area contributed by atoms with E-state index in [1.807, 2.05) is 10.9 Å². The Morgan fingerprint density at radius 1 is 1.17 bits per heavy atom. The second-order valence-electron chi connectivity index (χ2n) is 6.41. The lowest BCUT2D eigenvalue weighted by Gasteiger charge is -2.21. The van der Waals surface area contributed by atoms with Crippen LogP contribution in [0.4, 0.5) is 0 Å². The Kier molecular flexibility index (Phi) is 5.70. The van der Waals surface area contributed by atoms with Gasteiger partial charge in [0.1, 0.15) is 0 Å². The molecule has 2 aromatic rings. The quantitative estimate of drug-likeness (QED) is 0.777. The zero-order chi connectivity index (χ0) is 16.1. The molecule has 2 heterocycles. The smallest absolute Gasteiger partial charge is 0.0785 e. The summed E-state index contributed by atoms with van der Waals surface area (Å²) in [4.78, 5) is 4.91. The van der Waals surface area contributed by atoms with E-state index in [0.29, 0.717) is 5.02 Å². The summed E-state index contributed by atoms with van der Waals surface area (Å²) in [6.07, 6.45) is 6.24. The number of likely N-dealkylation sites (N-methyl/N-ethyl adjacent to an activating group) is 1. The van der Waals surface area contributed by atoms with Gasteiger partial charge in [-0.1, -0.05) is 35.9 Å². The summed E-state index contributed by atoms with van der Waals surface area (Å²) in [5, 5.41) is 4.93. The van der Waals surface area contributed by atoms with Crippen LogP contribution in [0.25, 0.3) is 0 Å². The maximum absolute atomic E-state index is 5.91. The summed E-state index contributed by atoms with van der Waals surface area (Å²) in [7, 11) is 2.16. The van der Waals surface area contributed by atoms with Gasteiger partial charge in [0.05, 0.1) is 17.8 Å². The second kappa shape index (κ2) is 7.95. The van der Waals surface area contributed by atoms with E-state index in [1.54, 1.807) is 6.20 Å². The summed E-state index contributed by atoms with van der Waals surface area (Å²) < 4.78 is 1.90. The molecule has 0 amide bonds. The molecule has 1 aromatic heterocycles. The van der Waals surface area contributed by atoms with Crippen LogP contribution < -0.4 is 0 Å². The minimum atomic E-state index is 0.698. The Balaban J connectivity index is 1.55. The standard InChI is InChI=1S/C18H25ClN4/c1-21(10-11-23-15-18(19)12-20-23)13-16-6-2-3-7-17(16)14-22-8-4-5-9-22/h2-3,6-7,12,15H,4-5,8-11,13-14H2,1H3. The third kappa shape index (κ3) is 4.80. The minimum absolute atomic E-state index is 0.698. The maximum atomic E-state index is 5.91. The number of hydrogen-bond donors (Lipinski definition) is 0. The molecule has 5 heteroatoms. The number of hydrogen-bond acceptors (Lipinski definition) is 3. The highest BCUT2D eigenvalue weighted by Gasteiger charge is 2.14. The Morgan fingerprint density at radius 3 is 2.61 bits per heavy atom. The third-order valence-electron chi connectivity index (χ3n) is 4.46. The van der Waals surface area contributed by atoms with Gasteiger partial charge in [-0.25, -0.2) is 0 Å². The van der Waals surface area contributed by atoms with Crippen LogP contribution in [0.1, 0.15) is 24.0 Å². The van der Waals surface area contributed by atoms with Crippen molar-refractivity contribution in [3.8, 4) is 0 Å². The molecule has 1 aliphatic rings. The van der Waals surface area contributed by atoms with Crippen molar-refractivity contribution in [3.05, 3.63) is 52.8 Å². The second-order valence-corrected chi connectivity index (χ2v) is 6.85. The zero-order valence-corrected chi connectivity index (χ0v) is 14.5. The number of benzene rings is 1. The molecular weight excluding hydrogens is 308 g/mol. The van der Waals surface area contributed by atoms with Crippen LogP contribution in [0, 0.1) is 0 Å².